The van der Waals surface area contributed by atoms with Crippen molar-refractivity contribution in [3.05, 3.63) is 145 Å². The summed E-state index contributed by atoms with van der Waals surface area (Å²) in [6.07, 6.45) is 21.9. The summed E-state index contributed by atoms with van der Waals surface area (Å²) in [5.41, 5.74) is 8.21. The van der Waals surface area contributed by atoms with Crippen LogP contribution in [0.3, 0.4) is 0 Å². The molecule has 0 radical (unpaired) electrons. The van der Waals surface area contributed by atoms with Crippen LogP contribution in [0.1, 0.15) is 42.9 Å². The Morgan fingerprint density at radius 3 is 2.48 bits per heavy atom. The van der Waals surface area contributed by atoms with Crippen LogP contribution >= 0.6 is 0 Å². The van der Waals surface area contributed by atoms with Crippen LogP contribution in [0.15, 0.2) is 128 Å². The second-order valence-electron chi connectivity index (χ2n) is 11.5. The van der Waals surface area contributed by atoms with E-state index < -0.39 is 0 Å². The first-order chi connectivity index (χ1) is 21.4. The third kappa shape index (κ3) is 6.53. The minimum atomic E-state index is 0.697. The summed E-state index contributed by atoms with van der Waals surface area (Å²) in [4.78, 5) is 2.34. The number of allylic oxidation sites excluding steroid dienone is 6. The van der Waals surface area contributed by atoms with Gasteiger partial charge in [-0.1, -0.05) is 0 Å². The van der Waals surface area contributed by atoms with Gasteiger partial charge in [-0.2, -0.15) is 0 Å². The maximum absolute atomic E-state index is 4.26. The maximum atomic E-state index is 4.26. The van der Waals surface area contributed by atoms with E-state index in [2.05, 4.69) is 183 Å². The number of nitrogens with zero attached hydrogens (tertiary/aromatic N) is 2. The van der Waals surface area contributed by atoms with Gasteiger partial charge in [0.25, 0.3) is 0 Å². The molecule has 1 aromatic heterocycles. The average molecular weight is 684 g/mol. The van der Waals surface area contributed by atoms with E-state index in [0.29, 0.717) is 5.92 Å². The molecule has 44 heavy (non-hydrogen) atoms. The SMILES string of the molecule is C=C(C=C[C](=[V+2])n1cc(C=C[C](=[V])N2[C](=[V])C(=CC=CC3CCCC3C)c3ccccc32)c2ccccc21)c1ccccc1. The van der Waals surface area contributed by atoms with Crippen LogP contribution in [0, 0.1) is 11.8 Å². The Morgan fingerprint density at radius 2 is 1.68 bits per heavy atom. The third-order valence-electron chi connectivity index (χ3n) is 8.65. The van der Waals surface area contributed by atoms with E-state index in [4.69, 9.17) is 0 Å². The Labute approximate surface area is 288 Å². The first-order valence-corrected chi connectivity index (χ1v) is 17.2. The van der Waals surface area contributed by atoms with Gasteiger partial charge in [0.2, 0.25) is 0 Å². The topological polar surface area (TPSA) is 8.17 Å². The molecule has 1 saturated carbocycles. The van der Waals surface area contributed by atoms with Crippen molar-refractivity contribution in [2.24, 2.45) is 11.8 Å². The van der Waals surface area contributed by atoms with Crippen molar-refractivity contribution in [1.82, 2.24) is 4.57 Å². The number of rotatable bonds is 9. The molecule has 1 aliphatic carbocycles. The van der Waals surface area contributed by atoms with Gasteiger partial charge >= 0.3 is 290 Å². The van der Waals surface area contributed by atoms with Crippen LogP contribution in [0.5, 0.6) is 0 Å². The fourth-order valence-corrected chi connectivity index (χ4v) is 7.83. The normalized spacial score (nSPS) is 19.2. The molecule has 0 spiro atoms. The third-order valence-corrected chi connectivity index (χ3v) is 10.4. The van der Waals surface area contributed by atoms with Crippen molar-refractivity contribution in [3.8, 4) is 0 Å². The number of aromatic nitrogens is 1. The number of hydrogen-bond donors (Lipinski definition) is 0. The van der Waals surface area contributed by atoms with Gasteiger partial charge in [-0.05, 0) is 0 Å². The van der Waals surface area contributed by atoms with Crippen molar-refractivity contribution in [1.29, 1.82) is 0 Å². The summed E-state index contributed by atoms with van der Waals surface area (Å²) < 4.78 is 5.62. The summed E-state index contributed by atoms with van der Waals surface area (Å²) in [7, 11) is 0. The summed E-state index contributed by atoms with van der Waals surface area (Å²) in [5.74, 6) is 1.48. The standard InChI is InChI=1S/C39H34N2.3V/c1-30-14-10-18-33(30)19-11-20-34-28-41(38-24-8-6-22-36(34)38)27-13-21-35-29-40(39-25-9-7-23-37(35)39)26-12-15-31(2)32-16-4-3-5-17-32;;;/h3-9,11-13,15-17,19-25,29-30,33H,2,10,14,18H2,1H3;;;/q;;;+2. The fraction of sp³-hybridized carbons (Fsp3) is 0.154. The van der Waals surface area contributed by atoms with Crippen molar-refractivity contribution in [2.45, 2.75) is 26.2 Å². The zero-order valence-electron chi connectivity index (χ0n) is 24.8. The van der Waals surface area contributed by atoms with E-state index in [-0.39, 0.29) is 0 Å². The van der Waals surface area contributed by atoms with E-state index in [1.165, 1.54) is 56.9 Å². The summed E-state index contributed by atoms with van der Waals surface area (Å²) in [6.45, 7) is 6.64. The van der Waals surface area contributed by atoms with Crippen molar-refractivity contribution in [3.63, 3.8) is 0 Å². The van der Waals surface area contributed by atoms with Crippen LogP contribution in [0.25, 0.3) is 28.1 Å². The van der Waals surface area contributed by atoms with Gasteiger partial charge in [-0.3, -0.25) is 0 Å². The van der Waals surface area contributed by atoms with E-state index in [0.717, 1.165) is 25.8 Å². The van der Waals surface area contributed by atoms with Crippen molar-refractivity contribution >= 4 is 46.9 Å². The monoisotopic (exact) mass is 683 g/mol. The average Bonchev–Trinajstić information content (AvgIpc) is 3.72. The quantitative estimate of drug-likeness (QED) is 0.160. The second kappa shape index (κ2) is 14.0. The summed E-state index contributed by atoms with van der Waals surface area (Å²) >= 11 is 8.30. The molecule has 2 aliphatic rings. The van der Waals surface area contributed by atoms with Crippen LogP contribution in [0.2, 0.25) is 0 Å². The predicted molar refractivity (Wildman–Crippen MR) is 179 cm³/mol. The van der Waals surface area contributed by atoms with Gasteiger partial charge in [-0.15, -0.1) is 0 Å². The molecule has 0 bridgehead atoms. The summed E-state index contributed by atoms with van der Waals surface area (Å²) in [5, 5.41) is 1.22. The molecule has 0 N–H and O–H groups in total. The molecule has 2 nitrogen and oxygen atoms in total. The molecule has 1 aliphatic heterocycles. The van der Waals surface area contributed by atoms with E-state index >= 15 is 0 Å². The molecule has 3 aromatic carbocycles. The number of hydrogen-bond acceptors (Lipinski definition) is 1. The molecule has 0 saturated heterocycles. The molecular formula is C39H34N2V3+2. The summed E-state index contributed by atoms with van der Waals surface area (Å²) in [6, 6.07) is 27.6. The van der Waals surface area contributed by atoms with Gasteiger partial charge < -0.3 is 0 Å². The Kier molecular flexibility index (Phi) is 9.89. The molecular weight excluding hydrogens is 649 g/mol. The van der Waals surface area contributed by atoms with Gasteiger partial charge in [0, 0.05) is 0 Å². The minimum absolute atomic E-state index is 0.697. The van der Waals surface area contributed by atoms with Crippen molar-refractivity contribution in [2.75, 3.05) is 4.90 Å². The first kappa shape index (κ1) is 31.1. The zero-order chi connectivity index (χ0) is 30.6. The van der Waals surface area contributed by atoms with Crippen LogP contribution in [-0.2, 0) is 50.9 Å². The van der Waals surface area contributed by atoms with Crippen LogP contribution in [0.4, 0.5) is 5.69 Å². The van der Waals surface area contributed by atoms with Crippen molar-refractivity contribution < 1.29 is 50.9 Å². The number of anilines is 1. The second-order valence-corrected chi connectivity index (χ2v) is 13.6. The van der Waals surface area contributed by atoms with Gasteiger partial charge in [0.15, 0.2) is 0 Å². The fourth-order valence-electron chi connectivity index (χ4n) is 6.17. The van der Waals surface area contributed by atoms with Gasteiger partial charge in [0.05, 0.1) is 0 Å². The Hall–Kier alpha value is -2.94. The molecule has 5 heteroatoms. The van der Waals surface area contributed by atoms with E-state index in [1.807, 2.05) is 18.2 Å². The Balaban J connectivity index is 1.24. The molecule has 4 aromatic rings. The molecule has 6 rings (SSSR count). The van der Waals surface area contributed by atoms with Gasteiger partial charge in [0.1, 0.15) is 0 Å². The zero-order valence-corrected chi connectivity index (χ0v) is 29.0. The van der Waals surface area contributed by atoms with Crippen LogP contribution in [-0.4, -0.2) is 17.6 Å². The number of fused-ring (bicyclic) bond motifs is 2. The Bertz CT molecular complexity index is 1890. The number of benzene rings is 3. The molecule has 2 atom stereocenters. The van der Waals surface area contributed by atoms with E-state index in [9.17, 15) is 0 Å². The number of para-hydroxylation sites is 2. The Morgan fingerprint density at radius 1 is 0.932 bits per heavy atom. The molecule has 0 amide bonds. The molecule has 2 unspecified atom stereocenters. The molecule has 213 valence electrons. The predicted octanol–water partition coefficient (Wildman–Crippen LogP) is 8.70. The van der Waals surface area contributed by atoms with E-state index in [1.54, 1.807) is 0 Å². The molecule has 2 heterocycles. The first-order valence-electron chi connectivity index (χ1n) is 15.1. The molecule has 1 fully saturated rings. The van der Waals surface area contributed by atoms with Gasteiger partial charge in [-0.25, -0.2) is 0 Å². The van der Waals surface area contributed by atoms with Crippen LogP contribution < -0.4 is 4.90 Å².